The first-order chi connectivity index (χ1) is 12.1. The smallest absolute Gasteiger partial charge is 0.351 e. The molecule has 1 saturated heterocycles. The average molecular weight is 368 g/mol. The molecule has 2 atom stereocenters. The van der Waals surface area contributed by atoms with Gasteiger partial charge in [0.15, 0.2) is 6.10 Å². The molecule has 1 fully saturated rings. The summed E-state index contributed by atoms with van der Waals surface area (Å²) >= 11 is 0. The van der Waals surface area contributed by atoms with Crippen molar-refractivity contribution in [3.05, 3.63) is 24.3 Å². The third-order valence-electron chi connectivity index (χ3n) is 3.35. The minimum Gasteiger partial charge on any atom is -0.457 e. The van der Waals surface area contributed by atoms with Gasteiger partial charge in [-0.2, -0.15) is 4.39 Å². The second-order valence-electron chi connectivity index (χ2n) is 6.68. The lowest BCUT2D eigenvalue weighted by molar-refractivity contribution is -0.188. The number of carbonyl (C=O) groups is 3. The molecule has 142 valence electrons. The zero-order valence-corrected chi connectivity index (χ0v) is 15.0. The summed E-state index contributed by atoms with van der Waals surface area (Å²) in [6.07, 6.45) is -1.72. The minimum atomic E-state index is -1.55. The SMILES string of the molecule is CC(=O)OC(C(=O)OC(C)(C)C)C1OCCN(c2ccc(F)nc2)C1=O. The first-order valence-electron chi connectivity index (χ1n) is 8.03. The fourth-order valence-electron chi connectivity index (χ4n) is 2.38. The number of pyridine rings is 1. The molecule has 26 heavy (non-hydrogen) atoms. The third-order valence-corrected chi connectivity index (χ3v) is 3.35. The second kappa shape index (κ2) is 7.77. The summed E-state index contributed by atoms with van der Waals surface area (Å²) in [5, 5.41) is 0. The highest BCUT2D eigenvalue weighted by Crippen LogP contribution is 2.22. The number of anilines is 1. The highest BCUT2D eigenvalue weighted by atomic mass is 19.1. The van der Waals surface area contributed by atoms with Crippen molar-refractivity contribution in [2.75, 3.05) is 18.1 Å². The van der Waals surface area contributed by atoms with Crippen LogP contribution in [0.4, 0.5) is 10.1 Å². The fourth-order valence-corrected chi connectivity index (χ4v) is 2.38. The van der Waals surface area contributed by atoms with E-state index in [2.05, 4.69) is 4.98 Å². The van der Waals surface area contributed by atoms with E-state index in [1.807, 2.05) is 0 Å². The van der Waals surface area contributed by atoms with E-state index >= 15 is 0 Å². The maximum absolute atomic E-state index is 13.0. The molecule has 0 aliphatic carbocycles. The lowest BCUT2D eigenvalue weighted by Crippen LogP contribution is -2.56. The number of amides is 1. The van der Waals surface area contributed by atoms with E-state index < -0.39 is 41.6 Å². The number of morpholine rings is 1. The molecular weight excluding hydrogens is 347 g/mol. The van der Waals surface area contributed by atoms with Crippen molar-refractivity contribution in [3.8, 4) is 0 Å². The molecule has 1 aliphatic heterocycles. The van der Waals surface area contributed by atoms with Gasteiger partial charge in [0.25, 0.3) is 5.91 Å². The lowest BCUT2D eigenvalue weighted by atomic mass is 10.1. The molecule has 1 aromatic rings. The molecule has 0 radical (unpaired) electrons. The quantitative estimate of drug-likeness (QED) is 0.583. The zero-order valence-electron chi connectivity index (χ0n) is 15.0. The normalized spacial score (nSPS) is 19.0. The van der Waals surface area contributed by atoms with Crippen molar-refractivity contribution in [2.24, 2.45) is 0 Å². The van der Waals surface area contributed by atoms with E-state index in [0.717, 1.165) is 13.0 Å². The Morgan fingerprint density at radius 3 is 2.62 bits per heavy atom. The molecule has 0 N–H and O–H groups in total. The molecule has 8 nitrogen and oxygen atoms in total. The van der Waals surface area contributed by atoms with Gasteiger partial charge >= 0.3 is 11.9 Å². The van der Waals surface area contributed by atoms with Gasteiger partial charge < -0.3 is 19.1 Å². The van der Waals surface area contributed by atoms with Crippen LogP contribution in [0.3, 0.4) is 0 Å². The number of hydrogen-bond donors (Lipinski definition) is 0. The van der Waals surface area contributed by atoms with E-state index in [9.17, 15) is 18.8 Å². The van der Waals surface area contributed by atoms with Crippen molar-refractivity contribution in [3.63, 3.8) is 0 Å². The number of hydrogen-bond acceptors (Lipinski definition) is 7. The van der Waals surface area contributed by atoms with Gasteiger partial charge in [0, 0.05) is 13.5 Å². The van der Waals surface area contributed by atoms with Crippen molar-refractivity contribution in [1.82, 2.24) is 4.98 Å². The molecule has 0 aromatic carbocycles. The van der Waals surface area contributed by atoms with Gasteiger partial charge in [-0.05, 0) is 32.9 Å². The summed E-state index contributed by atoms with van der Waals surface area (Å²) in [5.41, 5.74) is -0.497. The number of ether oxygens (including phenoxy) is 3. The molecular formula is C17H21FN2O6. The number of aromatic nitrogens is 1. The Hall–Kier alpha value is -2.55. The number of rotatable bonds is 4. The highest BCUT2D eigenvalue weighted by molar-refractivity contribution is 6.00. The van der Waals surface area contributed by atoms with Gasteiger partial charge in [-0.15, -0.1) is 0 Å². The standard InChI is InChI=1S/C17H21FN2O6/c1-10(21)25-14(16(23)26-17(2,3)4)13-15(22)20(7-8-24-13)11-5-6-12(18)19-9-11/h5-6,9,13-14H,7-8H2,1-4H3. The first kappa shape index (κ1) is 19.8. The Morgan fingerprint density at radius 2 is 2.08 bits per heavy atom. The fraction of sp³-hybridized carbons (Fsp3) is 0.529. The van der Waals surface area contributed by atoms with Crippen LogP contribution in [0, 0.1) is 5.95 Å². The van der Waals surface area contributed by atoms with Gasteiger partial charge in [-0.25, -0.2) is 9.78 Å². The van der Waals surface area contributed by atoms with Crippen LogP contribution in [0.15, 0.2) is 18.3 Å². The Morgan fingerprint density at radius 1 is 1.38 bits per heavy atom. The predicted octanol–water partition coefficient (Wildman–Crippen LogP) is 1.23. The third kappa shape index (κ3) is 4.98. The molecule has 2 unspecified atom stereocenters. The largest absolute Gasteiger partial charge is 0.457 e. The summed E-state index contributed by atoms with van der Waals surface area (Å²) in [5.74, 6) is -2.93. The molecule has 9 heteroatoms. The van der Waals surface area contributed by atoms with E-state index in [4.69, 9.17) is 14.2 Å². The lowest BCUT2D eigenvalue weighted by Gasteiger charge is -2.35. The van der Waals surface area contributed by atoms with Gasteiger partial charge in [0.05, 0.1) is 18.5 Å². The Balaban J connectivity index is 2.26. The predicted molar refractivity (Wildman–Crippen MR) is 87.7 cm³/mol. The highest BCUT2D eigenvalue weighted by Gasteiger charge is 2.44. The number of esters is 2. The van der Waals surface area contributed by atoms with Crippen LogP contribution in [0.2, 0.25) is 0 Å². The Kier molecular flexibility index (Phi) is 5.91. The van der Waals surface area contributed by atoms with Crippen molar-refractivity contribution < 1.29 is 33.0 Å². The number of carbonyl (C=O) groups excluding carboxylic acids is 3. The van der Waals surface area contributed by atoms with E-state index in [1.54, 1.807) is 20.8 Å². The molecule has 0 bridgehead atoms. The van der Waals surface area contributed by atoms with Crippen LogP contribution in [-0.2, 0) is 28.6 Å². The van der Waals surface area contributed by atoms with Gasteiger partial charge in [0.2, 0.25) is 12.1 Å². The van der Waals surface area contributed by atoms with Gasteiger partial charge in [-0.1, -0.05) is 0 Å². The monoisotopic (exact) mass is 368 g/mol. The van der Waals surface area contributed by atoms with Gasteiger partial charge in [-0.3, -0.25) is 9.59 Å². The summed E-state index contributed by atoms with van der Waals surface area (Å²) in [7, 11) is 0. The maximum atomic E-state index is 13.0. The molecule has 2 rings (SSSR count). The molecule has 2 heterocycles. The number of nitrogens with zero attached hydrogens (tertiary/aromatic N) is 2. The van der Waals surface area contributed by atoms with Crippen LogP contribution in [-0.4, -0.2) is 53.8 Å². The topological polar surface area (TPSA) is 95.0 Å². The van der Waals surface area contributed by atoms with Crippen LogP contribution in [0.5, 0.6) is 0 Å². The molecule has 0 saturated carbocycles. The first-order valence-corrected chi connectivity index (χ1v) is 8.03. The van der Waals surface area contributed by atoms with Crippen molar-refractivity contribution in [2.45, 2.75) is 45.5 Å². The molecule has 1 aromatic heterocycles. The second-order valence-corrected chi connectivity index (χ2v) is 6.68. The van der Waals surface area contributed by atoms with Crippen molar-refractivity contribution >= 4 is 23.5 Å². The summed E-state index contributed by atoms with van der Waals surface area (Å²) < 4.78 is 28.6. The zero-order chi connectivity index (χ0) is 19.5. The Labute approximate surface area is 150 Å². The molecule has 0 spiro atoms. The van der Waals surface area contributed by atoms with E-state index in [-0.39, 0.29) is 13.2 Å². The summed E-state index contributed by atoms with van der Waals surface area (Å²) in [4.78, 5) is 41.4. The minimum absolute atomic E-state index is 0.0916. The maximum Gasteiger partial charge on any atom is 0.351 e. The van der Waals surface area contributed by atoms with Crippen LogP contribution in [0.25, 0.3) is 0 Å². The van der Waals surface area contributed by atoms with Crippen molar-refractivity contribution in [1.29, 1.82) is 0 Å². The van der Waals surface area contributed by atoms with E-state index in [0.29, 0.717) is 5.69 Å². The van der Waals surface area contributed by atoms with Crippen LogP contribution < -0.4 is 4.90 Å². The molecule has 1 amide bonds. The average Bonchev–Trinajstić information content (AvgIpc) is 2.52. The summed E-state index contributed by atoms with van der Waals surface area (Å²) in [6, 6.07) is 2.50. The summed E-state index contributed by atoms with van der Waals surface area (Å²) in [6.45, 7) is 6.34. The Bertz CT molecular complexity index is 685. The molecule has 1 aliphatic rings. The number of halogens is 1. The van der Waals surface area contributed by atoms with Crippen LogP contribution >= 0.6 is 0 Å². The van der Waals surface area contributed by atoms with Gasteiger partial charge in [0.1, 0.15) is 5.60 Å². The van der Waals surface area contributed by atoms with Crippen LogP contribution in [0.1, 0.15) is 27.7 Å². The van der Waals surface area contributed by atoms with E-state index in [1.165, 1.54) is 17.2 Å².